The zero-order valence-electron chi connectivity index (χ0n) is 16.4. The lowest BCUT2D eigenvalue weighted by atomic mass is 10.2. The van der Waals surface area contributed by atoms with Crippen molar-refractivity contribution in [3.63, 3.8) is 0 Å². The van der Waals surface area contributed by atoms with Crippen molar-refractivity contribution in [2.24, 2.45) is 0 Å². The minimum atomic E-state index is -1.10. The van der Waals surface area contributed by atoms with Gasteiger partial charge in [0, 0.05) is 11.3 Å². The number of hydrogen-bond acceptors (Lipinski definition) is 6. The van der Waals surface area contributed by atoms with Crippen LogP contribution in [0.1, 0.15) is 29.8 Å². The minimum absolute atomic E-state index is 0.192. The summed E-state index contributed by atoms with van der Waals surface area (Å²) >= 11 is 5.92. The largest absolute Gasteiger partial charge is 0.494 e. The summed E-state index contributed by atoms with van der Waals surface area (Å²) in [5, 5.41) is 14.0. The van der Waals surface area contributed by atoms with Gasteiger partial charge in [-0.15, -0.1) is 0 Å². The summed E-state index contributed by atoms with van der Waals surface area (Å²) in [5.41, 5.74) is 0.989. The molecule has 0 aliphatic heterocycles. The molecule has 0 aromatic heterocycles. The predicted molar refractivity (Wildman–Crippen MR) is 110 cm³/mol. The number of rotatable bonds is 8. The van der Waals surface area contributed by atoms with Gasteiger partial charge in [0.1, 0.15) is 18.4 Å². The number of hydrogen-bond donors (Lipinski definition) is 2. The smallest absolute Gasteiger partial charge is 0.326 e. The Bertz CT molecular complexity index is 970. The molecule has 0 saturated carbocycles. The molecule has 0 spiro atoms. The highest BCUT2D eigenvalue weighted by atomic mass is 35.5. The van der Waals surface area contributed by atoms with Crippen molar-refractivity contribution in [2.75, 3.05) is 18.5 Å². The fourth-order valence-electron chi connectivity index (χ4n) is 2.34. The van der Waals surface area contributed by atoms with E-state index in [0.29, 0.717) is 23.6 Å². The van der Waals surface area contributed by atoms with Crippen molar-refractivity contribution in [1.29, 1.82) is 5.26 Å². The first-order valence-electron chi connectivity index (χ1n) is 9.05. The van der Waals surface area contributed by atoms with Crippen molar-refractivity contribution < 1.29 is 23.9 Å². The first kappa shape index (κ1) is 22.7. The van der Waals surface area contributed by atoms with Gasteiger partial charge >= 0.3 is 5.97 Å². The van der Waals surface area contributed by atoms with Gasteiger partial charge in [0.05, 0.1) is 17.2 Å². The van der Waals surface area contributed by atoms with Crippen LogP contribution in [0, 0.1) is 11.3 Å². The summed E-state index contributed by atoms with van der Waals surface area (Å²) in [6, 6.07) is 12.8. The molecule has 156 valence electrons. The highest BCUT2D eigenvalue weighted by Gasteiger charge is 2.19. The van der Waals surface area contributed by atoms with Gasteiger partial charge in [0.2, 0.25) is 0 Å². The molecule has 8 nitrogen and oxygen atoms in total. The van der Waals surface area contributed by atoms with E-state index in [9.17, 15) is 14.4 Å². The highest BCUT2D eigenvalue weighted by Crippen LogP contribution is 2.20. The number of carbonyl (C=O) groups excluding carboxylic acids is 3. The van der Waals surface area contributed by atoms with Gasteiger partial charge in [0.15, 0.2) is 6.10 Å². The van der Waals surface area contributed by atoms with E-state index in [1.54, 1.807) is 24.3 Å². The van der Waals surface area contributed by atoms with Crippen LogP contribution in [0.3, 0.4) is 0 Å². The number of anilines is 1. The molecule has 2 aromatic rings. The minimum Gasteiger partial charge on any atom is -0.494 e. The number of nitrogens with one attached hydrogen (secondary N) is 2. The van der Waals surface area contributed by atoms with Gasteiger partial charge in [-0.25, -0.2) is 0 Å². The van der Waals surface area contributed by atoms with Gasteiger partial charge < -0.3 is 20.1 Å². The number of ether oxygens (including phenoxy) is 2. The van der Waals surface area contributed by atoms with Crippen molar-refractivity contribution >= 4 is 35.1 Å². The molecule has 0 saturated heterocycles. The normalized spacial score (nSPS) is 11.0. The molecule has 1 atom stereocenters. The quantitative estimate of drug-likeness (QED) is 0.623. The Labute approximate surface area is 178 Å². The first-order valence-corrected chi connectivity index (χ1v) is 9.43. The van der Waals surface area contributed by atoms with E-state index < -0.39 is 30.4 Å². The zero-order valence-corrected chi connectivity index (χ0v) is 17.2. The van der Waals surface area contributed by atoms with Crippen LogP contribution in [0.4, 0.5) is 5.69 Å². The lowest BCUT2D eigenvalue weighted by Crippen LogP contribution is -2.35. The maximum absolute atomic E-state index is 12.2. The Balaban J connectivity index is 1.82. The maximum Gasteiger partial charge on any atom is 0.326 e. The Hall–Kier alpha value is -3.57. The SMILES string of the molecule is CCOc1ccc(C(=O)NCC(=O)OC(C)C(=O)Nc2ccc(C#N)c(Cl)c2)cc1. The lowest BCUT2D eigenvalue weighted by molar-refractivity contribution is -0.152. The molecule has 2 aromatic carbocycles. The van der Waals surface area contributed by atoms with E-state index in [4.69, 9.17) is 26.3 Å². The summed E-state index contributed by atoms with van der Waals surface area (Å²) < 4.78 is 10.3. The van der Waals surface area contributed by atoms with Crippen LogP contribution in [0.25, 0.3) is 0 Å². The van der Waals surface area contributed by atoms with Crippen LogP contribution in [-0.4, -0.2) is 37.0 Å². The number of benzene rings is 2. The van der Waals surface area contributed by atoms with Gasteiger partial charge in [0.25, 0.3) is 11.8 Å². The summed E-state index contributed by atoms with van der Waals surface area (Å²) in [6.45, 7) is 3.37. The summed E-state index contributed by atoms with van der Waals surface area (Å²) in [4.78, 5) is 36.2. The molecule has 2 amide bonds. The van der Waals surface area contributed by atoms with Crippen LogP contribution < -0.4 is 15.4 Å². The molecule has 0 fully saturated rings. The number of nitrogens with zero attached hydrogens (tertiary/aromatic N) is 1. The lowest BCUT2D eigenvalue weighted by Gasteiger charge is -2.14. The van der Waals surface area contributed by atoms with Gasteiger partial charge in [-0.2, -0.15) is 5.26 Å². The van der Waals surface area contributed by atoms with Crippen LogP contribution in [0.15, 0.2) is 42.5 Å². The van der Waals surface area contributed by atoms with Crippen molar-refractivity contribution in [1.82, 2.24) is 5.32 Å². The number of esters is 1. The third-order valence-electron chi connectivity index (χ3n) is 3.86. The van der Waals surface area contributed by atoms with E-state index in [1.807, 2.05) is 13.0 Å². The number of carbonyl (C=O) groups is 3. The van der Waals surface area contributed by atoms with Crippen molar-refractivity contribution in [3.8, 4) is 11.8 Å². The monoisotopic (exact) mass is 429 g/mol. The van der Waals surface area contributed by atoms with E-state index >= 15 is 0 Å². The van der Waals surface area contributed by atoms with Crippen LogP contribution in [0.2, 0.25) is 5.02 Å². The second-order valence-corrected chi connectivity index (χ2v) is 6.48. The number of nitriles is 1. The molecule has 0 bridgehead atoms. The van der Waals surface area contributed by atoms with E-state index in [1.165, 1.54) is 25.1 Å². The molecule has 30 heavy (non-hydrogen) atoms. The predicted octanol–water partition coefficient (Wildman–Crippen LogP) is 2.91. The van der Waals surface area contributed by atoms with Gasteiger partial charge in [-0.3, -0.25) is 14.4 Å². The number of halogens is 1. The summed E-state index contributed by atoms with van der Waals surface area (Å²) in [5.74, 6) is -1.17. The second kappa shape index (κ2) is 10.8. The summed E-state index contributed by atoms with van der Waals surface area (Å²) in [7, 11) is 0. The van der Waals surface area contributed by atoms with E-state index in [0.717, 1.165) is 0 Å². The van der Waals surface area contributed by atoms with Crippen LogP contribution in [-0.2, 0) is 14.3 Å². The molecule has 0 aliphatic carbocycles. The topological polar surface area (TPSA) is 118 Å². The highest BCUT2D eigenvalue weighted by molar-refractivity contribution is 6.32. The van der Waals surface area contributed by atoms with E-state index in [-0.39, 0.29) is 10.6 Å². The molecular weight excluding hydrogens is 410 g/mol. The van der Waals surface area contributed by atoms with Crippen molar-refractivity contribution in [3.05, 3.63) is 58.6 Å². The Kier molecular flexibility index (Phi) is 8.20. The standard InChI is InChI=1S/C21H20ClN3O5/c1-3-29-17-8-5-14(6-9-17)21(28)24-12-19(26)30-13(2)20(27)25-16-7-4-15(11-23)18(22)10-16/h4-10,13H,3,12H2,1-2H3,(H,24,28)(H,25,27). The average molecular weight is 430 g/mol. The molecule has 1 unspecified atom stereocenters. The van der Waals surface area contributed by atoms with Crippen molar-refractivity contribution in [2.45, 2.75) is 20.0 Å². The molecule has 2 N–H and O–H groups in total. The molecule has 0 heterocycles. The molecule has 0 aliphatic rings. The molecule has 2 rings (SSSR count). The molecule has 0 radical (unpaired) electrons. The Morgan fingerprint density at radius 3 is 2.47 bits per heavy atom. The van der Waals surface area contributed by atoms with Gasteiger partial charge in [-0.05, 0) is 56.3 Å². The fraction of sp³-hybridized carbons (Fsp3) is 0.238. The fourth-order valence-corrected chi connectivity index (χ4v) is 2.57. The zero-order chi connectivity index (χ0) is 22.1. The molecule has 9 heteroatoms. The Morgan fingerprint density at radius 1 is 1.17 bits per heavy atom. The second-order valence-electron chi connectivity index (χ2n) is 6.07. The average Bonchev–Trinajstić information content (AvgIpc) is 2.73. The number of amides is 2. The van der Waals surface area contributed by atoms with Crippen LogP contribution in [0.5, 0.6) is 5.75 Å². The third kappa shape index (κ3) is 6.50. The third-order valence-corrected chi connectivity index (χ3v) is 4.17. The van der Waals surface area contributed by atoms with Gasteiger partial charge in [-0.1, -0.05) is 11.6 Å². The summed E-state index contributed by atoms with van der Waals surface area (Å²) in [6.07, 6.45) is -1.10. The molecular formula is C21H20ClN3O5. The maximum atomic E-state index is 12.2. The van der Waals surface area contributed by atoms with E-state index in [2.05, 4.69) is 10.6 Å². The first-order chi connectivity index (χ1) is 14.3. The van der Waals surface area contributed by atoms with Crippen LogP contribution >= 0.6 is 11.6 Å². The Morgan fingerprint density at radius 2 is 1.87 bits per heavy atom.